The van der Waals surface area contributed by atoms with Gasteiger partial charge < -0.3 is 5.11 Å². The zero-order valence-corrected chi connectivity index (χ0v) is 12.6. The molecule has 94 valence electrons. The molecule has 1 aliphatic rings. The fourth-order valence-corrected chi connectivity index (χ4v) is 3.55. The van der Waals surface area contributed by atoms with Crippen molar-refractivity contribution < 1.29 is 5.11 Å². The number of rotatable bonds is 2. The average molecular weight is 318 g/mol. The molecule has 1 unspecified atom stereocenters. The maximum Gasteiger partial charge on any atom is 0.0693 e. The van der Waals surface area contributed by atoms with E-state index < -0.39 is 5.60 Å². The molecule has 0 heterocycles. The Morgan fingerprint density at radius 2 is 2.06 bits per heavy atom. The SMILES string of the molecule is CC1(C)CCC(O)(Cc2ccc(Br)cc2Cl)C1. The number of benzene rings is 1. The van der Waals surface area contributed by atoms with E-state index in [-0.39, 0.29) is 5.41 Å². The smallest absolute Gasteiger partial charge is 0.0693 e. The maximum atomic E-state index is 10.6. The Bertz CT molecular complexity index is 430. The zero-order chi connectivity index (χ0) is 12.7. The molecule has 0 aliphatic heterocycles. The highest BCUT2D eigenvalue weighted by Crippen LogP contribution is 2.45. The van der Waals surface area contributed by atoms with Crippen molar-refractivity contribution in [2.75, 3.05) is 0 Å². The van der Waals surface area contributed by atoms with Crippen molar-refractivity contribution in [3.05, 3.63) is 33.3 Å². The van der Waals surface area contributed by atoms with Crippen molar-refractivity contribution in [2.45, 2.75) is 45.1 Å². The third-order valence-electron chi connectivity index (χ3n) is 3.61. The van der Waals surface area contributed by atoms with Gasteiger partial charge in [0.1, 0.15) is 0 Å². The minimum atomic E-state index is -0.582. The Kier molecular flexibility index (Phi) is 3.59. The van der Waals surface area contributed by atoms with E-state index in [0.717, 1.165) is 34.3 Å². The van der Waals surface area contributed by atoms with Gasteiger partial charge in [-0.15, -0.1) is 0 Å². The van der Waals surface area contributed by atoms with Crippen LogP contribution in [0.25, 0.3) is 0 Å². The number of hydrogen-bond donors (Lipinski definition) is 1. The Labute approximate surface area is 116 Å². The Balaban J connectivity index is 2.16. The highest BCUT2D eigenvalue weighted by molar-refractivity contribution is 9.10. The van der Waals surface area contributed by atoms with Gasteiger partial charge in [0.15, 0.2) is 0 Å². The van der Waals surface area contributed by atoms with Crippen molar-refractivity contribution in [1.82, 2.24) is 0 Å². The van der Waals surface area contributed by atoms with Crippen molar-refractivity contribution in [1.29, 1.82) is 0 Å². The molecule has 0 amide bonds. The summed E-state index contributed by atoms with van der Waals surface area (Å²) in [6, 6.07) is 5.86. The summed E-state index contributed by atoms with van der Waals surface area (Å²) in [6.07, 6.45) is 3.46. The van der Waals surface area contributed by atoms with Gasteiger partial charge in [0, 0.05) is 15.9 Å². The van der Waals surface area contributed by atoms with E-state index in [1.807, 2.05) is 18.2 Å². The highest BCUT2D eigenvalue weighted by Gasteiger charge is 2.41. The van der Waals surface area contributed by atoms with Crippen molar-refractivity contribution >= 4 is 27.5 Å². The molecule has 1 N–H and O–H groups in total. The van der Waals surface area contributed by atoms with Gasteiger partial charge in [-0.25, -0.2) is 0 Å². The summed E-state index contributed by atoms with van der Waals surface area (Å²) in [4.78, 5) is 0. The summed E-state index contributed by atoms with van der Waals surface area (Å²) in [5.74, 6) is 0. The maximum absolute atomic E-state index is 10.6. The molecule has 0 radical (unpaired) electrons. The average Bonchev–Trinajstić information content (AvgIpc) is 2.46. The van der Waals surface area contributed by atoms with E-state index in [9.17, 15) is 5.11 Å². The van der Waals surface area contributed by atoms with Crippen LogP contribution >= 0.6 is 27.5 Å². The molecule has 0 aromatic heterocycles. The van der Waals surface area contributed by atoms with E-state index in [1.165, 1.54) is 0 Å². The first kappa shape index (κ1) is 13.4. The normalized spacial score (nSPS) is 27.4. The standard InChI is InChI=1S/C14H18BrClO/c1-13(2)5-6-14(17,9-13)8-10-3-4-11(15)7-12(10)16/h3-4,7,17H,5-6,8-9H2,1-2H3. The fourth-order valence-electron chi connectivity index (χ4n) is 2.81. The summed E-state index contributed by atoms with van der Waals surface area (Å²) >= 11 is 9.59. The highest BCUT2D eigenvalue weighted by atomic mass is 79.9. The van der Waals surface area contributed by atoms with Crippen LogP contribution in [0.3, 0.4) is 0 Å². The Morgan fingerprint density at radius 1 is 1.35 bits per heavy atom. The predicted octanol–water partition coefficient (Wildman–Crippen LogP) is 4.59. The summed E-state index contributed by atoms with van der Waals surface area (Å²) in [5.41, 5.74) is 0.701. The zero-order valence-electron chi connectivity index (χ0n) is 10.3. The van der Waals surface area contributed by atoms with Crippen molar-refractivity contribution in [3.63, 3.8) is 0 Å². The predicted molar refractivity (Wildman–Crippen MR) is 75.4 cm³/mol. The van der Waals surface area contributed by atoms with Crippen molar-refractivity contribution in [3.8, 4) is 0 Å². The van der Waals surface area contributed by atoms with Crippen LogP contribution in [-0.4, -0.2) is 10.7 Å². The Morgan fingerprint density at radius 3 is 2.59 bits per heavy atom. The number of hydrogen-bond acceptors (Lipinski definition) is 1. The minimum absolute atomic E-state index is 0.247. The second-order valence-corrected chi connectivity index (χ2v) is 7.30. The molecule has 2 rings (SSSR count). The quantitative estimate of drug-likeness (QED) is 0.846. The molecule has 1 saturated carbocycles. The first-order valence-electron chi connectivity index (χ1n) is 5.96. The lowest BCUT2D eigenvalue weighted by Crippen LogP contribution is -2.29. The Hall–Kier alpha value is -0.0500. The molecule has 0 spiro atoms. The lowest BCUT2D eigenvalue weighted by Gasteiger charge is -2.25. The first-order chi connectivity index (χ1) is 7.80. The minimum Gasteiger partial charge on any atom is -0.390 e. The second kappa shape index (κ2) is 4.56. The summed E-state index contributed by atoms with van der Waals surface area (Å²) in [6.45, 7) is 4.43. The largest absolute Gasteiger partial charge is 0.390 e. The number of halogens is 2. The van der Waals surface area contributed by atoms with Crippen LogP contribution < -0.4 is 0 Å². The third kappa shape index (κ3) is 3.24. The van der Waals surface area contributed by atoms with Gasteiger partial charge in [-0.3, -0.25) is 0 Å². The monoisotopic (exact) mass is 316 g/mol. The van der Waals surface area contributed by atoms with E-state index >= 15 is 0 Å². The molecule has 1 aliphatic carbocycles. The van der Waals surface area contributed by atoms with Crippen LogP contribution in [0.15, 0.2) is 22.7 Å². The van der Waals surface area contributed by atoms with E-state index in [2.05, 4.69) is 29.8 Å². The molecule has 0 saturated heterocycles. The lowest BCUT2D eigenvalue weighted by molar-refractivity contribution is 0.0379. The molecule has 3 heteroatoms. The molecule has 17 heavy (non-hydrogen) atoms. The van der Waals surface area contributed by atoms with Gasteiger partial charge in [-0.1, -0.05) is 47.4 Å². The molecule has 1 fully saturated rings. The summed E-state index contributed by atoms with van der Waals surface area (Å²) in [7, 11) is 0. The molecule has 1 aromatic carbocycles. The second-order valence-electron chi connectivity index (χ2n) is 5.98. The molecular weight excluding hydrogens is 300 g/mol. The summed E-state index contributed by atoms with van der Waals surface area (Å²) < 4.78 is 0.977. The topological polar surface area (TPSA) is 20.2 Å². The number of aliphatic hydroxyl groups is 1. The molecule has 1 aromatic rings. The van der Waals surface area contributed by atoms with Gasteiger partial charge in [-0.05, 0) is 42.4 Å². The molecular formula is C14H18BrClO. The van der Waals surface area contributed by atoms with E-state index in [0.29, 0.717) is 6.42 Å². The molecule has 0 bridgehead atoms. The lowest BCUT2D eigenvalue weighted by atomic mass is 9.86. The van der Waals surface area contributed by atoms with Crippen molar-refractivity contribution in [2.24, 2.45) is 5.41 Å². The van der Waals surface area contributed by atoms with E-state index in [4.69, 9.17) is 11.6 Å². The van der Waals surface area contributed by atoms with E-state index in [1.54, 1.807) is 0 Å². The van der Waals surface area contributed by atoms with Crippen LogP contribution in [0, 0.1) is 5.41 Å². The van der Waals surface area contributed by atoms with Crippen LogP contribution in [0.1, 0.15) is 38.7 Å². The first-order valence-corrected chi connectivity index (χ1v) is 7.13. The van der Waals surface area contributed by atoms with Crippen LogP contribution in [0.2, 0.25) is 5.02 Å². The third-order valence-corrected chi connectivity index (χ3v) is 4.45. The van der Waals surface area contributed by atoms with Gasteiger partial charge in [0.25, 0.3) is 0 Å². The summed E-state index contributed by atoms with van der Waals surface area (Å²) in [5, 5.41) is 11.3. The van der Waals surface area contributed by atoms with Crippen LogP contribution in [0.5, 0.6) is 0 Å². The van der Waals surface area contributed by atoms with Crippen LogP contribution in [-0.2, 0) is 6.42 Å². The van der Waals surface area contributed by atoms with Gasteiger partial charge in [-0.2, -0.15) is 0 Å². The van der Waals surface area contributed by atoms with Gasteiger partial charge >= 0.3 is 0 Å². The van der Waals surface area contributed by atoms with Gasteiger partial charge in [0.2, 0.25) is 0 Å². The molecule has 1 atom stereocenters. The fraction of sp³-hybridized carbons (Fsp3) is 0.571. The van der Waals surface area contributed by atoms with Gasteiger partial charge in [0.05, 0.1) is 5.60 Å². The molecule has 1 nitrogen and oxygen atoms in total. The van der Waals surface area contributed by atoms with Crippen LogP contribution in [0.4, 0.5) is 0 Å².